The lowest BCUT2D eigenvalue weighted by atomic mass is 9.95. The quantitative estimate of drug-likeness (QED) is 0.838. The van der Waals surface area contributed by atoms with Crippen LogP contribution >= 0.6 is 0 Å². The van der Waals surface area contributed by atoms with Crippen molar-refractivity contribution in [3.63, 3.8) is 0 Å². The highest BCUT2D eigenvalue weighted by molar-refractivity contribution is 5.94. The van der Waals surface area contributed by atoms with Crippen LogP contribution in [0.3, 0.4) is 0 Å². The van der Waals surface area contributed by atoms with Crippen molar-refractivity contribution >= 4 is 17.8 Å². The molecular weight excluding hydrogens is 248 g/mol. The number of carboxylic acid groups (broad SMARTS) is 1. The molecular formula is C12H16N4O3. The first-order valence-corrected chi connectivity index (χ1v) is 6.29. The molecule has 0 spiro atoms. The van der Waals surface area contributed by atoms with E-state index in [2.05, 4.69) is 20.5 Å². The molecule has 0 bridgehead atoms. The van der Waals surface area contributed by atoms with Gasteiger partial charge < -0.3 is 5.11 Å². The molecule has 0 aromatic carbocycles. The summed E-state index contributed by atoms with van der Waals surface area (Å²) >= 11 is 0. The molecule has 1 saturated carbocycles. The number of hydrogen-bond acceptors (Lipinski definition) is 5. The Morgan fingerprint density at radius 2 is 2.11 bits per heavy atom. The van der Waals surface area contributed by atoms with Gasteiger partial charge >= 0.3 is 5.97 Å². The lowest BCUT2D eigenvalue weighted by Gasteiger charge is -2.14. The molecule has 0 aliphatic heterocycles. The highest BCUT2D eigenvalue weighted by atomic mass is 16.4. The van der Waals surface area contributed by atoms with Crippen molar-refractivity contribution in [3.05, 3.63) is 12.4 Å². The van der Waals surface area contributed by atoms with Gasteiger partial charge in [-0.15, -0.1) is 5.10 Å². The van der Waals surface area contributed by atoms with Crippen LogP contribution in [-0.2, 0) is 9.59 Å². The van der Waals surface area contributed by atoms with Gasteiger partial charge in [0, 0.05) is 0 Å². The number of carboxylic acids is 1. The van der Waals surface area contributed by atoms with E-state index < -0.39 is 17.8 Å². The second-order valence-electron chi connectivity index (χ2n) is 4.75. The van der Waals surface area contributed by atoms with E-state index in [-0.39, 0.29) is 17.8 Å². The zero-order valence-electron chi connectivity index (χ0n) is 10.6. The summed E-state index contributed by atoms with van der Waals surface area (Å²) in [6.07, 6.45) is 4.85. The van der Waals surface area contributed by atoms with Gasteiger partial charge in [-0.25, -0.2) is 4.98 Å². The monoisotopic (exact) mass is 264 g/mol. The van der Waals surface area contributed by atoms with Crippen molar-refractivity contribution in [2.45, 2.75) is 26.2 Å². The van der Waals surface area contributed by atoms with Gasteiger partial charge in [-0.1, -0.05) is 13.3 Å². The molecule has 1 aliphatic carbocycles. The molecule has 0 radical (unpaired) electrons. The molecule has 2 rings (SSSR count). The van der Waals surface area contributed by atoms with Gasteiger partial charge in [0.1, 0.15) is 0 Å². The number of carbonyl (C=O) groups is 2. The maximum atomic E-state index is 12.1. The largest absolute Gasteiger partial charge is 0.481 e. The molecule has 1 unspecified atom stereocenters. The molecule has 1 aromatic heterocycles. The van der Waals surface area contributed by atoms with Gasteiger partial charge in [-0.3, -0.25) is 14.9 Å². The van der Waals surface area contributed by atoms with E-state index >= 15 is 0 Å². The highest BCUT2D eigenvalue weighted by Crippen LogP contribution is 2.38. The fraction of sp³-hybridized carbons (Fsp3) is 0.583. The van der Waals surface area contributed by atoms with E-state index in [1.54, 1.807) is 0 Å². The van der Waals surface area contributed by atoms with Crippen LogP contribution in [0.25, 0.3) is 0 Å². The van der Waals surface area contributed by atoms with Crippen LogP contribution < -0.4 is 5.32 Å². The number of nitrogens with zero attached hydrogens (tertiary/aromatic N) is 3. The topological polar surface area (TPSA) is 105 Å². The minimum absolute atomic E-state index is 0.108. The average molecular weight is 264 g/mol. The summed E-state index contributed by atoms with van der Waals surface area (Å²) in [6.45, 7) is 2.01. The summed E-state index contributed by atoms with van der Waals surface area (Å²) in [5, 5.41) is 19.0. The van der Waals surface area contributed by atoms with Crippen molar-refractivity contribution in [1.82, 2.24) is 15.2 Å². The van der Waals surface area contributed by atoms with Crippen LogP contribution in [0.1, 0.15) is 26.2 Å². The van der Waals surface area contributed by atoms with Gasteiger partial charge in [-0.05, 0) is 18.8 Å². The third kappa shape index (κ3) is 3.04. The molecule has 3 atom stereocenters. The smallest absolute Gasteiger partial charge is 0.307 e. The van der Waals surface area contributed by atoms with Gasteiger partial charge in [0.05, 0.1) is 24.2 Å². The molecule has 1 aromatic rings. The molecule has 1 fully saturated rings. The van der Waals surface area contributed by atoms with Crippen molar-refractivity contribution in [1.29, 1.82) is 0 Å². The Balaban J connectivity index is 2.07. The SMILES string of the molecule is CCC1C[C@H](C(=O)Nc2nccnn2)[C@H](C(=O)O)C1. The number of amides is 1. The Morgan fingerprint density at radius 3 is 2.68 bits per heavy atom. The summed E-state index contributed by atoms with van der Waals surface area (Å²) in [7, 11) is 0. The summed E-state index contributed by atoms with van der Waals surface area (Å²) in [4.78, 5) is 27.2. The molecule has 102 valence electrons. The zero-order valence-corrected chi connectivity index (χ0v) is 10.6. The van der Waals surface area contributed by atoms with Gasteiger partial charge in [0.15, 0.2) is 0 Å². The second-order valence-corrected chi connectivity index (χ2v) is 4.75. The third-order valence-corrected chi connectivity index (χ3v) is 3.61. The van der Waals surface area contributed by atoms with Crippen molar-refractivity contribution < 1.29 is 14.7 Å². The summed E-state index contributed by atoms with van der Waals surface area (Å²) < 4.78 is 0. The van der Waals surface area contributed by atoms with E-state index in [9.17, 15) is 14.7 Å². The molecule has 0 saturated heterocycles. The van der Waals surface area contributed by atoms with E-state index in [1.807, 2.05) is 6.92 Å². The molecule has 2 N–H and O–H groups in total. The lowest BCUT2D eigenvalue weighted by molar-refractivity contribution is -0.145. The van der Waals surface area contributed by atoms with Gasteiger partial charge in [-0.2, -0.15) is 5.10 Å². The zero-order chi connectivity index (χ0) is 13.8. The Bertz CT molecular complexity index is 465. The molecule has 1 heterocycles. The van der Waals surface area contributed by atoms with E-state index in [1.165, 1.54) is 12.4 Å². The fourth-order valence-electron chi connectivity index (χ4n) is 2.55. The van der Waals surface area contributed by atoms with Crippen molar-refractivity contribution in [3.8, 4) is 0 Å². The first kappa shape index (κ1) is 13.4. The maximum absolute atomic E-state index is 12.1. The molecule has 1 aliphatic rings. The van der Waals surface area contributed by atoms with Crippen LogP contribution in [-0.4, -0.2) is 32.2 Å². The van der Waals surface area contributed by atoms with Crippen LogP contribution in [0, 0.1) is 17.8 Å². The predicted molar refractivity (Wildman–Crippen MR) is 66.1 cm³/mol. The Hall–Kier alpha value is -2.05. The molecule has 1 amide bonds. The molecule has 7 heteroatoms. The predicted octanol–water partition coefficient (Wildman–Crippen LogP) is 0.947. The number of aromatic nitrogens is 3. The summed E-state index contributed by atoms with van der Waals surface area (Å²) in [5.74, 6) is -2.00. The van der Waals surface area contributed by atoms with E-state index in [4.69, 9.17) is 0 Å². The lowest BCUT2D eigenvalue weighted by Crippen LogP contribution is -2.30. The molecule has 7 nitrogen and oxygen atoms in total. The first-order valence-electron chi connectivity index (χ1n) is 6.29. The normalized spacial score (nSPS) is 26.1. The first-order chi connectivity index (χ1) is 9.11. The van der Waals surface area contributed by atoms with Crippen LogP contribution in [0.4, 0.5) is 5.95 Å². The van der Waals surface area contributed by atoms with Crippen LogP contribution in [0.5, 0.6) is 0 Å². The van der Waals surface area contributed by atoms with Crippen LogP contribution in [0.2, 0.25) is 0 Å². The second kappa shape index (κ2) is 5.73. The van der Waals surface area contributed by atoms with Crippen molar-refractivity contribution in [2.75, 3.05) is 5.32 Å². The van der Waals surface area contributed by atoms with Gasteiger partial charge in [0.25, 0.3) is 0 Å². The van der Waals surface area contributed by atoms with Crippen molar-refractivity contribution in [2.24, 2.45) is 17.8 Å². The fourth-order valence-corrected chi connectivity index (χ4v) is 2.55. The summed E-state index contributed by atoms with van der Waals surface area (Å²) in [5.41, 5.74) is 0. The minimum atomic E-state index is -0.914. The minimum Gasteiger partial charge on any atom is -0.481 e. The van der Waals surface area contributed by atoms with Gasteiger partial charge in [0.2, 0.25) is 11.9 Å². The number of aliphatic carboxylic acids is 1. The Labute approximate surface area is 110 Å². The number of nitrogens with one attached hydrogen (secondary N) is 1. The van der Waals surface area contributed by atoms with E-state index in [0.717, 1.165) is 6.42 Å². The third-order valence-electron chi connectivity index (χ3n) is 3.61. The number of carbonyl (C=O) groups excluding carboxylic acids is 1. The number of anilines is 1. The maximum Gasteiger partial charge on any atom is 0.307 e. The molecule has 19 heavy (non-hydrogen) atoms. The van der Waals surface area contributed by atoms with E-state index in [0.29, 0.717) is 12.8 Å². The standard InChI is InChI=1S/C12H16N4O3/c1-2-7-5-8(9(6-7)11(18)19)10(17)15-12-13-3-4-14-16-12/h3-4,7-9H,2,5-6H2,1H3,(H,18,19)(H,13,15,16,17)/t7?,8-,9+/m0/s1. The Kier molecular flexibility index (Phi) is 4.03. The number of rotatable bonds is 4. The average Bonchev–Trinajstić information content (AvgIpc) is 2.84. The Morgan fingerprint density at radius 1 is 1.37 bits per heavy atom. The van der Waals surface area contributed by atoms with Crippen LogP contribution in [0.15, 0.2) is 12.4 Å². The summed E-state index contributed by atoms with van der Waals surface area (Å²) in [6, 6.07) is 0. The number of hydrogen-bond donors (Lipinski definition) is 2. The highest BCUT2D eigenvalue weighted by Gasteiger charge is 2.42.